The van der Waals surface area contributed by atoms with E-state index in [-0.39, 0.29) is 0 Å². The highest BCUT2D eigenvalue weighted by Gasteiger charge is 2.57. The Morgan fingerprint density at radius 2 is 1.96 bits per heavy atom. The van der Waals surface area contributed by atoms with Crippen molar-refractivity contribution in [3.05, 3.63) is 23.8 Å². The van der Waals surface area contributed by atoms with E-state index in [1.54, 1.807) is 6.08 Å². The number of hydrogen-bond donors (Lipinski definition) is 0. The third kappa shape index (κ3) is 2.22. The van der Waals surface area contributed by atoms with E-state index in [4.69, 9.17) is 0 Å². The highest BCUT2D eigenvalue weighted by Crippen LogP contribution is 2.66. The summed E-state index contributed by atoms with van der Waals surface area (Å²) in [4.78, 5) is 10.8. The van der Waals surface area contributed by atoms with Gasteiger partial charge in [-0.1, -0.05) is 31.6 Å². The van der Waals surface area contributed by atoms with E-state index in [0.29, 0.717) is 16.7 Å². The van der Waals surface area contributed by atoms with Crippen LogP contribution in [0, 0.1) is 34.5 Å². The fourth-order valence-electron chi connectivity index (χ4n) is 7.29. The Kier molecular flexibility index (Phi) is 3.82. The van der Waals surface area contributed by atoms with Crippen LogP contribution in [0.25, 0.3) is 0 Å². The Balaban J connectivity index is 1.63. The van der Waals surface area contributed by atoms with Crippen molar-refractivity contribution in [2.75, 3.05) is 0 Å². The van der Waals surface area contributed by atoms with Gasteiger partial charge in [0.1, 0.15) is 6.29 Å². The van der Waals surface area contributed by atoms with Crippen LogP contribution in [-0.4, -0.2) is 6.29 Å². The summed E-state index contributed by atoms with van der Waals surface area (Å²) in [6.45, 7) is 5.13. The minimum atomic E-state index is 0.451. The van der Waals surface area contributed by atoms with Gasteiger partial charge in [-0.25, -0.2) is 0 Å². The van der Waals surface area contributed by atoms with Crippen LogP contribution in [-0.2, 0) is 4.79 Å². The fraction of sp³-hybridized carbons (Fsp3) is 0.773. The zero-order valence-electron chi connectivity index (χ0n) is 14.9. The van der Waals surface area contributed by atoms with Crippen molar-refractivity contribution >= 4 is 6.29 Å². The van der Waals surface area contributed by atoms with Crippen molar-refractivity contribution in [2.45, 2.75) is 71.6 Å². The molecule has 4 rings (SSSR count). The third-order valence-electron chi connectivity index (χ3n) is 8.52. The van der Waals surface area contributed by atoms with Gasteiger partial charge in [-0.15, -0.1) is 0 Å². The molecule has 0 aliphatic heterocycles. The molecule has 0 heterocycles. The average molecular weight is 312 g/mol. The van der Waals surface area contributed by atoms with Crippen molar-refractivity contribution in [1.29, 1.82) is 0 Å². The quantitative estimate of drug-likeness (QED) is 0.362. The molecule has 1 nitrogen and oxygen atoms in total. The molecule has 4 aliphatic carbocycles. The van der Waals surface area contributed by atoms with Crippen LogP contribution in [0.15, 0.2) is 23.8 Å². The lowest BCUT2D eigenvalue weighted by Gasteiger charge is -2.58. The van der Waals surface area contributed by atoms with Gasteiger partial charge in [-0.05, 0) is 98.4 Å². The summed E-state index contributed by atoms with van der Waals surface area (Å²) in [5.74, 6) is 3.39. The lowest BCUT2D eigenvalue weighted by Crippen LogP contribution is -2.49. The van der Waals surface area contributed by atoms with Crippen molar-refractivity contribution in [3.8, 4) is 0 Å². The topological polar surface area (TPSA) is 17.1 Å². The smallest absolute Gasteiger partial charge is 0.142 e. The molecule has 6 atom stereocenters. The first-order valence-electron chi connectivity index (χ1n) is 9.91. The number of carbonyl (C=O) groups excluding carboxylic acids is 1. The molecule has 0 saturated heterocycles. The summed E-state index contributed by atoms with van der Waals surface area (Å²) in [6, 6.07) is 0. The lowest BCUT2D eigenvalue weighted by atomic mass is 9.47. The maximum absolute atomic E-state index is 10.8. The van der Waals surface area contributed by atoms with Gasteiger partial charge in [0, 0.05) is 0 Å². The molecule has 126 valence electrons. The molecule has 0 aromatic carbocycles. The molecule has 1 heteroatoms. The molecular weight excluding hydrogens is 280 g/mol. The van der Waals surface area contributed by atoms with Crippen molar-refractivity contribution in [1.82, 2.24) is 0 Å². The van der Waals surface area contributed by atoms with Gasteiger partial charge >= 0.3 is 0 Å². The van der Waals surface area contributed by atoms with E-state index in [9.17, 15) is 4.79 Å². The summed E-state index contributed by atoms with van der Waals surface area (Å²) in [6.07, 6.45) is 20.0. The zero-order valence-corrected chi connectivity index (χ0v) is 14.9. The summed E-state index contributed by atoms with van der Waals surface area (Å²) in [7, 11) is 0. The Labute approximate surface area is 141 Å². The predicted octanol–water partition coefficient (Wildman–Crippen LogP) is 5.71. The first-order chi connectivity index (χ1) is 11.1. The Morgan fingerprint density at radius 3 is 2.78 bits per heavy atom. The molecule has 0 unspecified atom stereocenters. The standard InChI is InChI=1S/C22H32O/c1-21-13-4-3-6-16(21)8-10-18-19-11-9-17(7-5-15-23)22(19,2)14-12-20(18)21/h5-7,15,17-20H,3-4,8-14H2,1-2H3/b7-5-/t17-,18-,19-,20-,21-,22+/m0/s1. The Hall–Kier alpha value is -0.850. The maximum atomic E-state index is 10.8. The number of aldehydes is 1. The van der Waals surface area contributed by atoms with Crippen LogP contribution < -0.4 is 0 Å². The van der Waals surface area contributed by atoms with Gasteiger partial charge in [0.05, 0.1) is 0 Å². The summed E-state index contributed by atoms with van der Waals surface area (Å²) >= 11 is 0. The van der Waals surface area contributed by atoms with Gasteiger partial charge in [0.25, 0.3) is 0 Å². The van der Waals surface area contributed by atoms with Crippen LogP contribution in [0.4, 0.5) is 0 Å². The number of carbonyl (C=O) groups is 1. The second kappa shape index (κ2) is 5.60. The Morgan fingerprint density at radius 1 is 1.09 bits per heavy atom. The molecule has 3 fully saturated rings. The molecule has 0 spiro atoms. The first kappa shape index (κ1) is 15.7. The lowest BCUT2D eigenvalue weighted by molar-refractivity contribution is -0.104. The molecule has 0 aromatic rings. The van der Waals surface area contributed by atoms with Gasteiger partial charge in [0.15, 0.2) is 0 Å². The Bertz CT molecular complexity index is 544. The van der Waals surface area contributed by atoms with Crippen molar-refractivity contribution in [2.24, 2.45) is 34.5 Å². The fourth-order valence-corrected chi connectivity index (χ4v) is 7.29. The molecular formula is C22H32O. The molecule has 3 saturated carbocycles. The maximum Gasteiger partial charge on any atom is 0.142 e. The number of fused-ring (bicyclic) bond motifs is 5. The molecule has 23 heavy (non-hydrogen) atoms. The average Bonchev–Trinajstić information content (AvgIpc) is 2.89. The van der Waals surface area contributed by atoms with Crippen LogP contribution in [0.3, 0.4) is 0 Å². The van der Waals surface area contributed by atoms with Crippen LogP contribution in [0.5, 0.6) is 0 Å². The molecule has 0 amide bonds. The normalized spacial score (nSPS) is 49.2. The summed E-state index contributed by atoms with van der Waals surface area (Å²) in [5, 5.41) is 0. The highest BCUT2D eigenvalue weighted by molar-refractivity contribution is 5.64. The molecule has 0 aromatic heterocycles. The van der Waals surface area contributed by atoms with E-state index in [0.717, 1.165) is 24.0 Å². The zero-order chi connectivity index (χ0) is 16.1. The van der Waals surface area contributed by atoms with Gasteiger partial charge in [-0.3, -0.25) is 4.79 Å². The molecule has 0 bridgehead atoms. The van der Waals surface area contributed by atoms with Gasteiger partial charge in [0.2, 0.25) is 0 Å². The number of hydrogen-bond acceptors (Lipinski definition) is 1. The van der Waals surface area contributed by atoms with E-state index in [1.807, 2.05) is 5.57 Å². The van der Waals surface area contributed by atoms with Crippen LogP contribution in [0.2, 0.25) is 0 Å². The van der Waals surface area contributed by atoms with Gasteiger partial charge < -0.3 is 0 Å². The minimum absolute atomic E-state index is 0.451. The molecule has 0 N–H and O–H groups in total. The monoisotopic (exact) mass is 312 g/mol. The van der Waals surface area contributed by atoms with Gasteiger partial charge in [-0.2, -0.15) is 0 Å². The second-order valence-corrected chi connectivity index (χ2v) is 9.20. The van der Waals surface area contributed by atoms with Crippen LogP contribution >= 0.6 is 0 Å². The number of allylic oxidation sites excluding steroid dienone is 4. The SMILES string of the molecule is C[C@]12CC[C@H]3[C@@H](CCC4=CCCC[C@@]43C)[C@@H]1CC[C@@H]2/C=C\C=O. The minimum Gasteiger partial charge on any atom is -0.299 e. The number of rotatable bonds is 2. The predicted molar refractivity (Wildman–Crippen MR) is 95.0 cm³/mol. The van der Waals surface area contributed by atoms with E-state index in [1.165, 1.54) is 57.8 Å². The highest BCUT2D eigenvalue weighted by atomic mass is 16.1. The van der Waals surface area contributed by atoms with Crippen LogP contribution in [0.1, 0.15) is 71.6 Å². The van der Waals surface area contributed by atoms with Crippen molar-refractivity contribution in [3.63, 3.8) is 0 Å². The van der Waals surface area contributed by atoms with Crippen molar-refractivity contribution < 1.29 is 4.79 Å². The van der Waals surface area contributed by atoms with E-state index < -0.39 is 0 Å². The van der Waals surface area contributed by atoms with E-state index in [2.05, 4.69) is 26.0 Å². The van der Waals surface area contributed by atoms with E-state index >= 15 is 0 Å². The summed E-state index contributed by atoms with van der Waals surface area (Å²) < 4.78 is 0. The summed E-state index contributed by atoms with van der Waals surface area (Å²) in [5.41, 5.74) is 2.77. The molecule has 4 aliphatic rings. The molecule has 0 radical (unpaired) electrons. The first-order valence-corrected chi connectivity index (χ1v) is 9.91. The second-order valence-electron chi connectivity index (χ2n) is 9.20. The largest absolute Gasteiger partial charge is 0.299 e. The third-order valence-corrected chi connectivity index (χ3v) is 8.52.